The van der Waals surface area contributed by atoms with Crippen LogP contribution in [-0.2, 0) is 0 Å². The largest absolute Gasteiger partial charge is 0.423 e. The molecule has 1 aliphatic carbocycles. The smallest absolute Gasteiger partial charge is 0.336 e. The molecule has 0 unspecified atom stereocenters. The van der Waals surface area contributed by atoms with Crippen LogP contribution < -0.4 is 5.63 Å². The Hall–Kier alpha value is -2.35. The number of hydrogen-bond acceptors (Lipinski definition) is 2. The zero-order valence-corrected chi connectivity index (χ0v) is 9.24. The van der Waals surface area contributed by atoms with Gasteiger partial charge < -0.3 is 4.42 Å². The molecule has 0 saturated carbocycles. The molecule has 2 heteroatoms. The second-order valence-electron chi connectivity index (χ2n) is 3.45. The normalized spacial score (nSPS) is 21.6. The lowest BCUT2D eigenvalue weighted by atomic mass is 10.2. The van der Waals surface area contributed by atoms with Crippen LogP contribution in [0.1, 0.15) is 11.3 Å². The Morgan fingerprint density at radius 1 is 0.706 bits per heavy atom. The maximum Gasteiger partial charge on any atom is 0.336 e. The summed E-state index contributed by atoms with van der Waals surface area (Å²) in [7, 11) is 0. The highest BCUT2D eigenvalue weighted by molar-refractivity contribution is 5.62. The summed E-state index contributed by atoms with van der Waals surface area (Å²) in [5, 5.41) is 0. The predicted molar refractivity (Wildman–Crippen MR) is 70.5 cm³/mol. The molecule has 1 aromatic heterocycles. The minimum absolute atomic E-state index is 0.340. The molecule has 2 nitrogen and oxygen atoms in total. The van der Waals surface area contributed by atoms with E-state index in [0.29, 0.717) is 5.76 Å². The van der Waals surface area contributed by atoms with E-state index in [4.69, 9.17) is 4.42 Å². The highest BCUT2D eigenvalue weighted by atomic mass is 16.4. The summed E-state index contributed by atoms with van der Waals surface area (Å²) in [5.41, 5.74) is 0.539. The zero-order chi connectivity index (χ0) is 11.9. The molecular weight excluding hydrogens is 212 g/mol. The fourth-order valence-corrected chi connectivity index (χ4v) is 1.40. The first kappa shape index (κ1) is 11.1. The maximum atomic E-state index is 11.1. The molecule has 0 aromatic carbocycles. The van der Waals surface area contributed by atoms with Crippen molar-refractivity contribution in [1.29, 1.82) is 0 Å². The summed E-state index contributed by atoms with van der Waals surface area (Å²) in [5.74, 6) is 0.566. The maximum absolute atomic E-state index is 11.1. The molecule has 2 rings (SSSR count). The molecule has 0 saturated heterocycles. The van der Waals surface area contributed by atoms with Crippen molar-refractivity contribution >= 4 is 12.2 Å². The molecule has 0 atom stereocenters. The summed E-state index contributed by atoms with van der Waals surface area (Å²) in [6, 6.07) is 3.17. The van der Waals surface area contributed by atoms with Gasteiger partial charge in [-0.05, 0) is 12.1 Å². The van der Waals surface area contributed by atoms with Crippen molar-refractivity contribution in [2.45, 2.75) is 0 Å². The molecule has 1 heterocycles. The minimum atomic E-state index is -0.340. The summed E-state index contributed by atoms with van der Waals surface area (Å²) in [6.07, 6.45) is 18.9. The number of rotatable bonds is 0. The summed E-state index contributed by atoms with van der Waals surface area (Å²) in [6.45, 7) is 0. The van der Waals surface area contributed by atoms with Crippen LogP contribution >= 0.6 is 0 Å². The standard InChI is InChI=1S/C15H12O2/c16-15-12-11-13-9-7-5-3-1-2-4-6-8-10-14(13)17-15/h1-12H/b2-1-,3-1?,4-2?,5-3-,6-4-,7-5?,8-6?,9-7?,10-8-,13-9?,14-10?. The molecule has 0 fully saturated rings. The van der Waals surface area contributed by atoms with Gasteiger partial charge >= 0.3 is 5.63 Å². The van der Waals surface area contributed by atoms with Crippen LogP contribution in [0.15, 0.2) is 70.0 Å². The van der Waals surface area contributed by atoms with Crippen LogP contribution in [0.5, 0.6) is 0 Å². The van der Waals surface area contributed by atoms with Crippen LogP contribution in [0, 0.1) is 0 Å². The van der Waals surface area contributed by atoms with Gasteiger partial charge in [0.15, 0.2) is 0 Å². The summed E-state index contributed by atoms with van der Waals surface area (Å²) < 4.78 is 5.13. The summed E-state index contributed by atoms with van der Waals surface area (Å²) in [4.78, 5) is 11.1. The average Bonchev–Trinajstić information content (AvgIpc) is 2.31. The number of fused-ring (bicyclic) bond motifs is 1. The molecule has 0 amide bonds. The van der Waals surface area contributed by atoms with Gasteiger partial charge in [0, 0.05) is 11.6 Å². The zero-order valence-electron chi connectivity index (χ0n) is 9.24. The van der Waals surface area contributed by atoms with Crippen molar-refractivity contribution in [2.75, 3.05) is 0 Å². The highest BCUT2D eigenvalue weighted by Crippen LogP contribution is 2.11. The first-order valence-corrected chi connectivity index (χ1v) is 5.35. The first-order chi connectivity index (χ1) is 8.36. The van der Waals surface area contributed by atoms with E-state index < -0.39 is 0 Å². The summed E-state index contributed by atoms with van der Waals surface area (Å²) >= 11 is 0. The van der Waals surface area contributed by atoms with Crippen LogP contribution in [0.4, 0.5) is 0 Å². The highest BCUT2D eigenvalue weighted by Gasteiger charge is 1.98. The van der Waals surface area contributed by atoms with Gasteiger partial charge in [0.25, 0.3) is 0 Å². The molecule has 1 aliphatic rings. The molecule has 0 aliphatic heterocycles. The molecule has 84 valence electrons. The first-order valence-electron chi connectivity index (χ1n) is 5.35. The molecule has 0 N–H and O–H groups in total. The Morgan fingerprint density at radius 2 is 1.29 bits per heavy atom. The Kier molecular flexibility index (Phi) is 3.71. The van der Waals surface area contributed by atoms with E-state index in [0.717, 1.165) is 5.56 Å². The third-order valence-corrected chi connectivity index (χ3v) is 2.20. The van der Waals surface area contributed by atoms with Gasteiger partial charge in [0.1, 0.15) is 5.76 Å². The van der Waals surface area contributed by atoms with Crippen molar-refractivity contribution < 1.29 is 4.42 Å². The predicted octanol–water partition coefficient (Wildman–Crippen LogP) is 3.35. The van der Waals surface area contributed by atoms with Gasteiger partial charge in [-0.3, -0.25) is 0 Å². The van der Waals surface area contributed by atoms with Gasteiger partial charge in [-0.15, -0.1) is 0 Å². The molecule has 0 bridgehead atoms. The SMILES string of the molecule is O=c1ccc2c(o1)\C=C/C=C\C=C/C=C\C=C2. The average molecular weight is 224 g/mol. The van der Waals surface area contributed by atoms with Crippen molar-refractivity contribution in [3.8, 4) is 0 Å². The quantitative estimate of drug-likeness (QED) is 0.676. The lowest BCUT2D eigenvalue weighted by molar-refractivity contribution is 0.500. The van der Waals surface area contributed by atoms with E-state index in [-0.39, 0.29) is 5.63 Å². The third kappa shape index (κ3) is 3.31. The van der Waals surface area contributed by atoms with Gasteiger partial charge in [-0.2, -0.15) is 0 Å². The van der Waals surface area contributed by atoms with Gasteiger partial charge in [-0.1, -0.05) is 54.7 Å². The van der Waals surface area contributed by atoms with Crippen LogP contribution in [0.25, 0.3) is 12.2 Å². The van der Waals surface area contributed by atoms with Gasteiger partial charge in [-0.25, -0.2) is 4.79 Å². The third-order valence-electron chi connectivity index (χ3n) is 2.20. The van der Waals surface area contributed by atoms with Crippen LogP contribution in [0.2, 0.25) is 0 Å². The van der Waals surface area contributed by atoms with Crippen molar-refractivity contribution in [2.24, 2.45) is 0 Å². The lowest BCUT2D eigenvalue weighted by Gasteiger charge is -1.97. The van der Waals surface area contributed by atoms with E-state index in [1.165, 1.54) is 6.07 Å². The second kappa shape index (κ2) is 5.66. The van der Waals surface area contributed by atoms with E-state index in [1.807, 2.05) is 54.7 Å². The van der Waals surface area contributed by atoms with Crippen molar-refractivity contribution in [3.05, 3.63) is 82.5 Å². The van der Waals surface area contributed by atoms with Gasteiger partial charge in [0.2, 0.25) is 0 Å². The van der Waals surface area contributed by atoms with Crippen molar-refractivity contribution in [1.82, 2.24) is 0 Å². The van der Waals surface area contributed by atoms with E-state index in [9.17, 15) is 4.79 Å². The molecule has 0 spiro atoms. The van der Waals surface area contributed by atoms with Crippen LogP contribution in [-0.4, -0.2) is 0 Å². The fourth-order valence-electron chi connectivity index (χ4n) is 1.40. The monoisotopic (exact) mass is 224 g/mol. The fraction of sp³-hybridized carbons (Fsp3) is 0. The van der Waals surface area contributed by atoms with E-state index >= 15 is 0 Å². The van der Waals surface area contributed by atoms with E-state index in [2.05, 4.69) is 0 Å². The molecule has 0 radical (unpaired) electrons. The Bertz CT molecular complexity index is 581. The Balaban J connectivity index is 2.47. The number of allylic oxidation sites excluding steroid dienone is 8. The lowest BCUT2D eigenvalue weighted by Crippen LogP contribution is -1.97. The topological polar surface area (TPSA) is 30.2 Å². The van der Waals surface area contributed by atoms with Crippen molar-refractivity contribution in [3.63, 3.8) is 0 Å². The van der Waals surface area contributed by atoms with Crippen LogP contribution in [0.3, 0.4) is 0 Å². The second-order valence-corrected chi connectivity index (χ2v) is 3.45. The van der Waals surface area contributed by atoms with E-state index in [1.54, 1.807) is 12.1 Å². The Morgan fingerprint density at radius 3 is 2.00 bits per heavy atom. The molecule has 1 aromatic rings. The molecule has 17 heavy (non-hydrogen) atoms. The Labute approximate surface area is 99.6 Å². The van der Waals surface area contributed by atoms with Gasteiger partial charge in [0.05, 0.1) is 0 Å². The molecular formula is C15H12O2. The minimum Gasteiger partial charge on any atom is -0.423 e. The number of hydrogen-bond donors (Lipinski definition) is 0.